The first-order valence-electron chi connectivity index (χ1n) is 9.56. The number of aromatic nitrogens is 1. The molecule has 1 heterocycles. The number of benzene rings is 1. The van der Waals surface area contributed by atoms with Crippen molar-refractivity contribution < 1.29 is 23.8 Å². The second-order valence-electron chi connectivity index (χ2n) is 8.00. The summed E-state index contributed by atoms with van der Waals surface area (Å²) in [4.78, 5) is 29.3. The number of rotatable bonds is 9. The highest BCUT2D eigenvalue weighted by atomic mass is 16.5. The summed E-state index contributed by atoms with van der Waals surface area (Å²) in [5, 5.41) is 9.31. The average molecular weight is 402 g/mol. The van der Waals surface area contributed by atoms with Gasteiger partial charge in [-0.1, -0.05) is 12.1 Å². The molecule has 7 heteroatoms. The molecule has 0 aliphatic rings. The van der Waals surface area contributed by atoms with Crippen molar-refractivity contribution in [2.45, 2.75) is 67.2 Å². The highest BCUT2D eigenvalue weighted by Gasteiger charge is 2.27. The molecule has 0 amide bonds. The summed E-state index contributed by atoms with van der Waals surface area (Å²) in [6.45, 7) is 13.2. The Labute approximate surface area is 171 Å². The molecule has 2 aromatic rings. The van der Waals surface area contributed by atoms with E-state index < -0.39 is 11.6 Å². The average Bonchev–Trinajstić information content (AvgIpc) is 2.87. The van der Waals surface area contributed by atoms with Crippen LogP contribution in [0, 0.1) is 27.7 Å². The fraction of sp³-hybridized carbons (Fsp3) is 0.500. The molecule has 158 valence electrons. The Hall–Kier alpha value is -2.67. The zero-order valence-electron chi connectivity index (χ0n) is 18.3. The van der Waals surface area contributed by atoms with Crippen LogP contribution < -0.4 is 4.74 Å². The van der Waals surface area contributed by atoms with Crippen molar-refractivity contribution in [1.82, 2.24) is 9.88 Å². The van der Waals surface area contributed by atoms with E-state index in [-0.39, 0.29) is 12.3 Å². The molecule has 0 radical (unpaired) electrons. The van der Waals surface area contributed by atoms with Crippen molar-refractivity contribution in [2.75, 3.05) is 6.54 Å². The Kier molecular flexibility index (Phi) is 6.85. The van der Waals surface area contributed by atoms with Crippen LogP contribution in [0.3, 0.4) is 0 Å². The van der Waals surface area contributed by atoms with E-state index in [1.165, 1.54) is 6.92 Å². The first kappa shape index (κ1) is 22.6. The first-order valence-corrected chi connectivity index (χ1v) is 9.56. The third-order valence-electron chi connectivity index (χ3n) is 4.86. The van der Waals surface area contributed by atoms with Gasteiger partial charge in [-0.15, -0.1) is 0 Å². The van der Waals surface area contributed by atoms with Gasteiger partial charge in [0.1, 0.15) is 11.5 Å². The van der Waals surface area contributed by atoms with Crippen molar-refractivity contribution in [3.8, 4) is 5.75 Å². The third kappa shape index (κ3) is 5.90. The summed E-state index contributed by atoms with van der Waals surface area (Å²) in [6, 6.07) is 3.93. The maximum atomic E-state index is 11.8. The molecule has 0 aliphatic carbocycles. The molecule has 0 atom stereocenters. The second kappa shape index (κ2) is 8.78. The molecule has 0 unspecified atom stereocenters. The van der Waals surface area contributed by atoms with Crippen molar-refractivity contribution >= 4 is 11.8 Å². The molecule has 1 N–H and O–H groups in total. The van der Waals surface area contributed by atoms with E-state index in [0.717, 1.165) is 22.4 Å². The van der Waals surface area contributed by atoms with Gasteiger partial charge in [-0.2, -0.15) is 0 Å². The Morgan fingerprint density at radius 3 is 2.17 bits per heavy atom. The number of aryl methyl sites for hydroxylation is 4. The van der Waals surface area contributed by atoms with E-state index in [1.54, 1.807) is 25.7 Å². The third-order valence-corrected chi connectivity index (χ3v) is 4.86. The van der Waals surface area contributed by atoms with E-state index in [1.807, 2.05) is 32.9 Å². The van der Waals surface area contributed by atoms with Crippen LogP contribution in [0.4, 0.5) is 0 Å². The monoisotopic (exact) mass is 402 g/mol. The number of nitrogens with zero attached hydrogens (tertiary/aromatic N) is 2. The van der Waals surface area contributed by atoms with Crippen molar-refractivity contribution in [2.24, 2.45) is 0 Å². The molecule has 2 rings (SSSR count). The van der Waals surface area contributed by atoms with Gasteiger partial charge in [0.15, 0.2) is 17.3 Å². The molecule has 0 bridgehead atoms. The second-order valence-corrected chi connectivity index (χ2v) is 8.00. The lowest BCUT2D eigenvalue weighted by molar-refractivity contribution is -0.138. The summed E-state index contributed by atoms with van der Waals surface area (Å²) in [6.07, 6.45) is 0. The summed E-state index contributed by atoms with van der Waals surface area (Å²) >= 11 is 0. The van der Waals surface area contributed by atoms with Crippen LogP contribution >= 0.6 is 0 Å². The number of oxazole rings is 1. The van der Waals surface area contributed by atoms with Crippen LogP contribution in [0.5, 0.6) is 5.75 Å². The molecule has 29 heavy (non-hydrogen) atoms. The van der Waals surface area contributed by atoms with E-state index in [4.69, 9.17) is 9.15 Å². The van der Waals surface area contributed by atoms with Crippen LogP contribution in [-0.2, 0) is 22.7 Å². The molecule has 7 nitrogen and oxygen atoms in total. The number of carbonyl (C=O) groups excluding carboxylic acids is 1. The predicted octanol–water partition coefficient (Wildman–Crippen LogP) is 3.74. The normalized spacial score (nSPS) is 11.7. The van der Waals surface area contributed by atoms with Gasteiger partial charge in [0, 0.05) is 20.0 Å². The molecule has 1 aromatic carbocycles. The highest BCUT2D eigenvalue weighted by Crippen LogP contribution is 2.29. The minimum Gasteiger partial charge on any atom is -0.480 e. The number of hydrogen-bond acceptors (Lipinski definition) is 6. The number of carbonyl (C=O) groups is 2. The van der Waals surface area contributed by atoms with Gasteiger partial charge in [0.05, 0.1) is 12.2 Å². The Morgan fingerprint density at radius 2 is 1.72 bits per heavy atom. The lowest BCUT2D eigenvalue weighted by atomic mass is 10.0. The van der Waals surface area contributed by atoms with Gasteiger partial charge in [-0.3, -0.25) is 14.5 Å². The largest absolute Gasteiger partial charge is 0.480 e. The van der Waals surface area contributed by atoms with Gasteiger partial charge < -0.3 is 14.3 Å². The molecular weight excluding hydrogens is 372 g/mol. The van der Waals surface area contributed by atoms with Crippen LogP contribution in [-0.4, -0.2) is 38.9 Å². The fourth-order valence-corrected chi connectivity index (χ4v) is 3.17. The lowest BCUT2D eigenvalue weighted by Gasteiger charge is -2.27. The summed E-state index contributed by atoms with van der Waals surface area (Å²) in [5.74, 6) is 0.988. The van der Waals surface area contributed by atoms with Gasteiger partial charge >= 0.3 is 5.97 Å². The van der Waals surface area contributed by atoms with Crippen LogP contribution in [0.2, 0.25) is 0 Å². The standard InChI is InChI=1S/C22H30N2O5/c1-13-8-18(9-14(2)21(13)29-22(6,7)16(4)25)10-24(12-20(26)27)11-19-15(3)28-17(5)23-19/h8-9H,10-12H2,1-7H3,(H,26,27). The number of Topliss-reactive ketones (excluding diaryl/α,β-unsaturated/α-hetero) is 1. The van der Waals surface area contributed by atoms with Crippen LogP contribution in [0.25, 0.3) is 0 Å². The van der Waals surface area contributed by atoms with Gasteiger partial charge in [0.2, 0.25) is 0 Å². The summed E-state index contributed by atoms with van der Waals surface area (Å²) in [5.41, 5.74) is 2.60. The van der Waals surface area contributed by atoms with Crippen LogP contribution in [0.1, 0.15) is 54.8 Å². The van der Waals surface area contributed by atoms with E-state index in [2.05, 4.69) is 4.98 Å². The van der Waals surface area contributed by atoms with E-state index in [9.17, 15) is 14.7 Å². The smallest absolute Gasteiger partial charge is 0.317 e. The maximum Gasteiger partial charge on any atom is 0.317 e. The van der Waals surface area contributed by atoms with Crippen molar-refractivity contribution in [1.29, 1.82) is 0 Å². The number of hydrogen-bond donors (Lipinski definition) is 1. The summed E-state index contributed by atoms with van der Waals surface area (Å²) in [7, 11) is 0. The van der Waals surface area contributed by atoms with E-state index >= 15 is 0 Å². The summed E-state index contributed by atoms with van der Waals surface area (Å²) < 4.78 is 11.4. The fourth-order valence-electron chi connectivity index (χ4n) is 3.17. The number of carboxylic acids is 1. The van der Waals surface area contributed by atoms with Gasteiger partial charge in [-0.25, -0.2) is 4.98 Å². The number of ether oxygens (including phenoxy) is 1. The molecule has 0 fully saturated rings. The topological polar surface area (TPSA) is 92.9 Å². The van der Waals surface area contributed by atoms with Gasteiger partial charge in [-0.05, 0) is 58.2 Å². The molecule has 0 spiro atoms. The van der Waals surface area contributed by atoms with E-state index in [0.29, 0.717) is 30.5 Å². The predicted molar refractivity (Wildman–Crippen MR) is 109 cm³/mol. The van der Waals surface area contributed by atoms with Gasteiger partial charge in [0.25, 0.3) is 0 Å². The zero-order chi connectivity index (χ0) is 21.9. The number of aliphatic carboxylic acids is 1. The van der Waals surface area contributed by atoms with Crippen molar-refractivity contribution in [3.63, 3.8) is 0 Å². The Balaban J connectivity index is 2.26. The SMILES string of the molecule is CC(=O)C(C)(C)Oc1c(C)cc(CN(CC(=O)O)Cc2nc(C)oc2C)cc1C. The minimum absolute atomic E-state index is 0.0497. The first-order chi connectivity index (χ1) is 13.4. The Morgan fingerprint density at radius 1 is 1.14 bits per heavy atom. The lowest BCUT2D eigenvalue weighted by Crippen LogP contribution is -2.36. The number of carboxylic acid groups (broad SMARTS) is 1. The quantitative estimate of drug-likeness (QED) is 0.683. The Bertz CT molecular complexity index is 891. The molecular formula is C22H30N2O5. The molecule has 0 aliphatic heterocycles. The van der Waals surface area contributed by atoms with Crippen LogP contribution in [0.15, 0.2) is 16.5 Å². The molecule has 0 saturated carbocycles. The minimum atomic E-state index is -0.908. The molecule has 0 saturated heterocycles. The molecule has 1 aromatic heterocycles. The maximum absolute atomic E-state index is 11.8. The highest BCUT2D eigenvalue weighted by molar-refractivity contribution is 5.84. The zero-order valence-corrected chi connectivity index (χ0v) is 18.3. The number of ketones is 1. The van der Waals surface area contributed by atoms with Crippen molar-refractivity contribution in [3.05, 3.63) is 46.2 Å².